The lowest BCUT2D eigenvalue weighted by molar-refractivity contribution is 0.588. The second-order valence-corrected chi connectivity index (χ2v) is 6.30. The quantitative estimate of drug-likeness (QED) is 0.577. The zero-order valence-corrected chi connectivity index (χ0v) is 7.65. The number of hydrogen-bond donors (Lipinski definition) is 1. The number of nitrogens with one attached hydrogen (secondary N) is 1. The average Bonchev–Trinajstić information content (AvgIpc) is 1.21. The van der Waals surface area contributed by atoms with E-state index < -0.39 is 7.19 Å². The van der Waals surface area contributed by atoms with Crippen molar-refractivity contribution in [1.29, 1.82) is 0 Å². The van der Waals surface area contributed by atoms with E-state index in [1.165, 1.54) is 21.2 Å². The summed E-state index contributed by atoms with van der Waals surface area (Å²) in [5.74, 6) is 0. The van der Waals surface area contributed by atoms with Gasteiger partial charge in [0.15, 0.2) is 0 Å². The highest BCUT2D eigenvalue weighted by atomic mass is 127. The predicted molar refractivity (Wildman–Crippen MR) is 41.2 cm³/mol. The number of rotatable bonds is 2. The smallest absolute Gasteiger partial charge is 0.204 e. The van der Waals surface area contributed by atoms with Gasteiger partial charge in [-0.25, -0.2) is 13.1 Å². The van der Waals surface area contributed by atoms with E-state index in [9.17, 15) is 8.42 Å². The maximum atomic E-state index is 10.3. The number of halogens is 1. The molecule has 0 radical (unpaired) electrons. The molecular formula is C3H8INO2S. The van der Waals surface area contributed by atoms with Crippen molar-refractivity contribution in [2.24, 2.45) is 0 Å². The van der Waals surface area contributed by atoms with Crippen LogP contribution in [0.3, 0.4) is 0 Å². The Balaban J connectivity index is 3.75. The van der Waals surface area contributed by atoms with E-state index in [0.717, 1.165) is 0 Å². The molecule has 0 saturated heterocycles. The Bertz CT molecular complexity index is 151. The van der Waals surface area contributed by atoms with Crippen molar-refractivity contribution in [3.63, 3.8) is 0 Å². The van der Waals surface area contributed by atoms with Gasteiger partial charge in [-0.2, -0.15) is 0 Å². The summed E-state index contributed by atoms with van der Waals surface area (Å²) < 4.78 is 23.0. The van der Waals surface area contributed by atoms with Crippen LogP contribution in [0.1, 0.15) is 13.8 Å². The molecule has 0 rings (SSSR count). The van der Waals surface area contributed by atoms with E-state index in [4.69, 9.17) is 0 Å². The summed E-state index contributed by atoms with van der Waals surface area (Å²) in [6, 6.07) is -0.00287. The third-order valence-electron chi connectivity index (χ3n) is 0.376. The molecule has 0 aromatic heterocycles. The van der Waals surface area contributed by atoms with E-state index in [1.807, 2.05) is 0 Å². The SMILES string of the molecule is CC(C)NS(=O)(=O)I. The minimum Gasteiger partial charge on any atom is -0.204 e. The molecule has 50 valence electrons. The van der Waals surface area contributed by atoms with Gasteiger partial charge in [-0.15, -0.1) is 0 Å². The normalized spacial score (nSPS) is 12.5. The molecule has 0 aromatic carbocycles. The first-order valence-electron chi connectivity index (χ1n) is 2.14. The lowest BCUT2D eigenvalue weighted by Gasteiger charge is -2.01. The van der Waals surface area contributed by atoms with Crippen LogP contribution < -0.4 is 4.72 Å². The molecule has 3 nitrogen and oxygen atoms in total. The molecule has 0 aliphatic rings. The van der Waals surface area contributed by atoms with Crippen molar-refractivity contribution >= 4 is 28.4 Å². The molecule has 0 aliphatic carbocycles. The molecule has 5 heteroatoms. The van der Waals surface area contributed by atoms with E-state index in [-0.39, 0.29) is 6.04 Å². The van der Waals surface area contributed by atoms with Gasteiger partial charge in [0.25, 0.3) is 7.19 Å². The molecule has 0 fully saturated rings. The lowest BCUT2D eigenvalue weighted by Crippen LogP contribution is -2.25. The molecule has 0 atom stereocenters. The zero-order valence-electron chi connectivity index (χ0n) is 4.68. The Labute approximate surface area is 61.5 Å². The van der Waals surface area contributed by atoms with Crippen LogP contribution in [0.4, 0.5) is 0 Å². The van der Waals surface area contributed by atoms with E-state index in [2.05, 4.69) is 4.72 Å². The zero-order chi connectivity index (χ0) is 6.78. The van der Waals surface area contributed by atoms with Crippen molar-refractivity contribution in [2.75, 3.05) is 0 Å². The van der Waals surface area contributed by atoms with Crippen LogP contribution in [0.5, 0.6) is 0 Å². The third-order valence-corrected chi connectivity index (χ3v) is 1.89. The monoisotopic (exact) mass is 249 g/mol. The van der Waals surface area contributed by atoms with Gasteiger partial charge in [0.2, 0.25) is 0 Å². The van der Waals surface area contributed by atoms with Crippen molar-refractivity contribution in [3.05, 3.63) is 0 Å². The standard InChI is InChI=1S/C3H8INO2S/c1-3(2)5-8(4,6)7/h3,5H,1-2H3. The minimum atomic E-state index is -3.00. The van der Waals surface area contributed by atoms with Gasteiger partial charge in [0, 0.05) is 6.04 Å². The molecule has 0 unspecified atom stereocenters. The molecule has 0 amide bonds. The fraction of sp³-hybridized carbons (Fsp3) is 1.00. The van der Waals surface area contributed by atoms with Gasteiger partial charge in [-0.05, 0) is 13.8 Å². The Morgan fingerprint density at radius 1 is 1.50 bits per heavy atom. The van der Waals surface area contributed by atoms with Crippen LogP contribution in [0.2, 0.25) is 0 Å². The third kappa shape index (κ3) is 6.64. The Hall–Kier alpha value is 0.640. The van der Waals surface area contributed by atoms with E-state index in [0.29, 0.717) is 0 Å². The fourth-order valence-electron chi connectivity index (χ4n) is 0.282. The molecule has 1 N–H and O–H groups in total. The van der Waals surface area contributed by atoms with Crippen LogP contribution >= 0.6 is 21.2 Å². The van der Waals surface area contributed by atoms with Crippen LogP contribution in [0.15, 0.2) is 0 Å². The highest BCUT2D eigenvalue weighted by Gasteiger charge is 2.03. The lowest BCUT2D eigenvalue weighted by atomic mass is 10.4. The summed E-state index contributed by atoms with van der Waals surface area (Å²) in [6.07, 6.45) is 0. The second kappa shape index (κ2) is 2.98. The van der Waals surface area contributed by atoms with Crippen molar-refractivity contribution in [3.8, 4) is 0 Å². The van der Waals surface area contributed by atoms with Crippen molar-refractivity contribution in [1.82, 2.24) is 4.72 Å². The van der Waals surface area contributed by atoms with Crippen LogP contribution in [0.25, 0.3) is 0 Å². The van der Waals surface area contributed by atoms with Gasteiger partial charge in [0.05, 0.1) is 21.2 Å². The van der Waals surface area contributed by atoms with Gasteiger partial charge >= 0.3 is 0 Å². The summed E-state index contributed by atoms with van der Waals surface area (Å²) in [5, 5.41) is 0. The maximum Gasteiger partial charge on any atom is 0.265 e. The molecule has 0 bridgehead atoms. The molecule has 0 aliphatic heterocycles. The van der Waals surface area contributed by atoms with E-state index in [1.54, 1.807) is 13.8 Å². The highest BCUT2D eigenvalue weighted by molar-refractivity contribution is 14.2. The fourth-order valence-corrected chi connectivity index (χ4v) is 2.37. The molecule has 0 spiro atoms. The predicted octanol–water partition coefficient (Wildman–Crippen LogP) is 0.664. The first-order chi connectivity index (χ1) is 3.42. The van der Waals surface area contributed by atoms with Gasteiger partial charge in [-0.3, -0.25) is 0 Å². The largest absolute Gasteiger partial charge is 0.265 e. The number of hydrogen-bond acceptors (Lipinski definition) is 2. The van der Waals surface area contributed by atoms with E-state index >= 15 is 0 Å². The van der Waals surface area contributed by atoms with Gasteiger partial charge in [0.1, 0.15) is 0 Å². The second-order valence-electron chi connectivity index (χ2n) is 1.71. The maximum absolute atomic E-state index is 10.3. The van der Waals surface area contributed by atoms with Crippen molar-refractivity contribution < 1.29 is 8.42 Å². The Morgan fingerprint density at radius 2 is 1.88 bits per heavy atom. The van der Waals surface area contributed by atoms with Crippen molar-refractivity contribution in [2.45, 2.75) is 19.9 Å². The van der Waals surface area contributed by atoms with Crippen LogP contribution in [-0.2, 0) is 7.19 Å². The summed E-state index contributed by atoms with van der Waals surface area (Å²) in [7, 11) is -3.00. The Morgan fingerprint density at radius 3 is 1.88 bits per heavy atom. The van der Waals surface area contributed by atoms with Gasteiger partial charge < -0.3 is 0 Å². The van der Waals surface area contributed by atoms with Gasteiger partial charge in [-0.1, -0.05) is 0 Å². The molecular weight excluding hydrogens is 241 g/mol. The molecule has 8 heavy (non-hydrogen) atoms. The highest BCUT2D eigenvalue weighted by Crippen LogP contribution is 1.96. The van der Waals surface area contributed by atoms with Crippen LogP contribution in [-0.4, -0.2) is 14.5 Å². The first-order valence-corrected chi connectivity index (χ1v) is 6.16. The minimum absolute atomic E-state index is 0.00287. The summed E-state index contributed by atoms with van der Waals surface area (Å²) in [4.78, 5) is 0. The topological polar surface area (TPSA) is 46.2 Å². The first kappa shape index (κ1) is 8.64. The van der Waals surface area contributed by atoms with Crippen LogP contribution in [0, 0.1) is 0 Å². The molecule has 0 heterocycles. The average molecular weight is 249 g/mol. The summed E-state index contributed by atoms with van der Waals surface area (Å²) in [5.41, 5.74) is 0. The Kier molecular flexibility index (Phi) is 3.21. The summed E-state index contributed by atoms with van der Waals surface area (Å²) >= 11 is 1.35. The summed E-state index contributed by atoms with van der Waals surface area (Å²) in [6.45, 7) is 3.55. The molecule has 0 aromatic rings. The molecule has 0 saturated carbocycles.